The second-order valence-corrected chi connectivity index (χ2v) is 4.55. The fourth-order valence-corrected chi connectivity index (χ4v) is 2.11. The molecule has 0 radical (unpaired) electrons. The molecule has 2 rings (SSSR count). The number of carboxylic acids is 1. The Morgan fingerprint density at radius 1 is 1.35 bits per heavy atom. The Morgan fingerprint density at radius 2 is 2.00 bits per heavy atom. The molecule has 1 aromatic heterocycles. The molecule has 0 saturated heterocycles. The number of aromatic nitrogens is 1. The molecule has 0 amide bonds. The Bertz CT molecular complexity index is 709. The number of carbonyl (C=O) groups is 1. The van der Waals surface area contributed by atoms with Gasteiger partial charge in [0.25, 0.3) is 5.56 Å². The number of hydrogen-bond acceptors (Lipinski definition) is 3. The van der Waals surface area contributed by atoms with E-state index < -0.39 is 5.97 Å². The van der Waals surface area contributed by atoms with Gasteiger partial charge in [-0.15, -0.1) is 11.3 Å². The molecule has 0 fully saturated rings. The quantitative estimate of drug-likeness (QED) is 0.805. The molecule has 17 heavy (non-hydrogen) atoms. The lowest BCUT2D eigenvalue weighted by atomic mass is 10.1. The summed E-state index contributed by atoms with van der Waals surface area (Å²) in [5.41, 5.74) is 0.824. The highest BCUT2D eigenvalue weighted by Crippen LogP contribution is 2.04. The summed E-state index contributed by atoms with van der Waals surface area (Å²) in [6.07, 6.45) is 1.70. The summed E-state index contributed by atoms with van der Waals surface area (Å²) in [5, 5.41) is 8.74. The minimum atomic E-state index is -0.967. The fourth-order valence-electron chi connectivity index (χ4n) is 1.36. The van der Waals surface area contributed by atoms with Crippen LogP contribution in [0.5, 0.6) is 0 Å². The van der Waals surface area contributed by atoms with Crippen molar-refractivity contribution in [3.8, 4) is 0 Å². The van der Waals surface area contributed by atoms with E-state index in [2.05, 4.69) is 11.6 Å². The fraction of sp³-hybridized carbons (Fsp3) is 0. The molecule has 0 aliphatic rings. The molecule has 1 heterocycles. The van der Waals surface area contributed by atoms with Gasteiger partial charge in [0.15, 0.2) is 0 Å². The van der Waals surface area contributed by atoms with Gasteiger partial charge in [-0.25, -0.2) is 4.79 Å². The summed E-state index contributed by atoms with van der Waals surface area (Å²) >= 11 is 1.27. The summed E-state index contributed by atoms with van der Waals surface area (Å²) in [7, 11) is 0. The maximum absolute atomic E-state index is 11.4. The van der Waals surface area contributed by atoms with Gasteiger partial charge in [-0.2, -0.15) is 0 Å². The highest BCUT2D eigenvalue weighted by molar-refractivity contribution is 7.07. The third-order valence-corrected chi connectivity index (χ3v) is 3.04. The van der Waals surface area contributed by atoms with Crippen molar-refractivity contribution in [3.63, 3.8) is 0 Å². The van der Waals surface area contributed by atoms with Crippen molar-refractivity contribution in [1.29, 1.82) is 0 Å². The Kier molecular flexibility index (Phi) is 2.93. The van der Waals surface area contributed by atoms with Gasteiger partial charge < -0.3 is 10.1 Å². The topological polar surface area (TPSA) is 70.2 Å². The molecule has 0 saturated carbocycles. The van der Waals surface area contributed by atoms with E-state index in [1.807, 2.05) is 0 Å². The van der Waals surface area contributed by atoms with Gasteiger partial charge in [0.05, 0.1) is 14.8 Å². The Labute approximate surface area is 100 Å². The number of H-pyrrole nitrogens is 1. The molecule has 0 unspecified atom stereocenters. The van der Waals surface area contributed by atoms with Crippen molar-refractivity contribution < 1.29 is 9.90 Å². The van der Waals surface area contributed by atoms with E-state index in [0.717, 1.165) is 5.56 Å². The van der Waals surface area contributed by atoms with Gasteiger partial charge >= 0.3 is 5.97 Å². The summed E-state index contributed by atoms with van der Waals surface area (Å²) in [6.45, 7) is 3.65. The van der Waals surface area contributed by atoms with Crippen LogP contribution in [0.2, 0.25) is 0 Å². The van der Waals surface area contributed by atoms with Crippen molar-refractivity contribution in [2.75, 3.05) is 0 Å². The van der Waals surface area contributed by atoms with E-state index in [1.54, 1.807) is 18.2 Å². The first kappa shape index (κ1) is 11.3. The minimum absolute atomic E-state index is 0.178. The highest BCUT2D eigenvalue weighted by atomic mass is 32.1. The zero-order valence-corrected chi connectivity index (χ0v) is 9.58. The number of hydrogen-bond donors (Lipinski definition) is 2. The van der Waals surface area contributed by atoms with Crippen LogP contribution in [-0.4, -0.2) is 16.1 Å². The van der Waals surface area contributed by atoms with Gasteiger partial charge in [-0.3, -0.25) is 4.79 Å². The highest BCUT2D eigenvalue weighted by Gasteiger charge is 2.00. The SMILES string of the molecule is C=c1[nH]c(=O)/c(=C/c2ccc(C(=O)O)cc2)s1. The molecule has 1 aromatic carbocycles. The Balaban J connectivity index is 2.46. The smallest absolute Gasteiger partial charge is 0.335 e. The van der Waals surface area contributed by atoms with E-state index >= 15 is 0 Å². The van der Waals surface area contributed by atoms with E-state index in [0.29, 0.717) is 9.20 Å². The second kappa shape index (κ2) is 4.39. The average Bonchev–Trinajstić information content (AvgIpc) is 2.58. The minimum Gasteiger partial charge on any atom is -0.478 e. The third-order valence-electron chi connectivity index (χ3n) is 2.17. The first-order valence-corrected chi connectivity index (χ1v) is 5.61. The lowest BCUT2D eigenvalue weighted by Crippen LogP contribution is -2.19. The first-order chi connectivity index (χ1) is 8.06. The average molecular weight is 247 g/mol. The molecule has 4 nitrogen and oxygen atoms in total. The first-order valence-electron chi connectivity index (χ1n) is 4.79. The van der Waals surface area contributed by atoms with Crippen LogP contribution in [0, 0.1) is 0 Å². The zero-order valence-electron chi connectivity index (χ0n) is 8.77. The number of carboxylic acid groups (broad SMARTS) is 1. The van der Waals surface area contributed by atoms with E-state index in [4.69, 9.17) is 5.11 Å². The molecular formula is C12H9NO3S. The number of thiazole rings is 1. The van der Waals surface area contributed by atoms with Crippen LogP contribution < -0.4 is 14.8 Å². The molecular weight excluding hydrogens is 238 g/mol. The van der Waals surface area contributed by atoms with Crippen LogP contribution in [-0.2, 0) is 0 Å². The molecule has 0 spiro atoms. The van der Waals surface area contributed by atoms with Crippen LogP contribution in [0.4, 0.5) is 0 Å². The number of aromatic carboxylic acids is 1. The van der Waals surface area contributed by atoms with E-state index in [-0.39, 0.29) is 11.1 Å². The van der Waals surface area contributed by atoms with Crippen molar-refractivity contribution >= 4 is 30.0 Å². The molecule has 5 heteroatoms. The van der Waals surface area contributed by atoms with Gasteiger partial charge in [-0.1, -0.05) is 18.7 Å². The summed E-state index contributed by atoms with van der Waals surface area (Å²) in [4.78, 5) is 24.6. The number of rotatable bonds is 2. The standard InChI is InChI=1S/C12H9NO3S/c1-7-13-11(14)10(17-7)6-8-2-4-9(5-3-8)12(15)16/h2-6H,1H2,(H,13,14)(H,15,16)/b10-6-. The van der Waals surface area contributed by atoms with Crippen molar-refractivity contribution in [1.82, 2.24) is 4.98 Å². The Hall–Kier alpha value is -2.14. The maximum Gasteiger partial charge on any atom is 0.335 e. The van der Waals surface area contributed by atoms with Gasteiger partial charge in [0.2, 0.25) is 0 Å². The summed E-state index contributed by atoms with van der Waals surface area (Å²) < 4.78 is 1.15. The van der Waals surface area contributed by atoms with Crippen LogP contribution in [0.3, 0.4) is 0 Å². The van der Waals surface area contributed by atoms with Crippen molar-refractivity contribution in [2.45, 2.75) is 0 Å². The second-order valence-electron chi connectivity index (χ2n) is 3.42. The van der Waals surface area contributed by atoms with E-state index in [9.17, 15) is 9.59 Å². The molecule has 0 bridgehead atoms. The molecule has 86 valence electrons. The predicted octanol–water partition coefficient (Wildman–Crippen LogP) is 0.374. The van der Waals surface area contributed by atoms with Crippen molar-refractivity contribution in [2.24, 2.45) is 0 Å². The molecule has 0 atom stereocenters. The number of aromatic amines is 1. The van der Waals surface area contributed by atoms with Crippen LogP contribution in [0.1, 0.15) is 15.9 Å². The summed E-state index contributed by atoms with van der Waals surface area (Å²) in [6, 6.07) is 6.32. The lowest BCUT2D eigenvalue weighted by molar-refractivity contribution is 0.0697. The van der Waals surface area contributed by atoms with Crippen LogP contribution in [0.15, 0.2) is 29.1 Å². The van der Waals surface area contributed by atoms with Crippen LogP contribution in [0.25, 0.3) is 12.7 Å². The molecule has 2 N–H and O–H groups in total. The summed E-state index contributed by atoms with van der Waals surface area (Å²) in [5.74, 6) is -0.967. The van der Waals surface area contributed by atoms with Gasteiger partial charge in [0, 0.05) is 0 Å². The monoisotopic (exact) mass is 247 g/mol. The molecule has 2 aromatic rings. The lowest BCUT2D eigenvalue weighted by Gasteiger charge is -1.94. The van der Waals surface area contributed by atoms with Crippen molar-refractivity contribution in [3.05, 3.63) is 54.9 Å². The molecule has 0 aliphatic carbocycles. The van der Waals surface area contributed by atoms with Gasteiger partial charge in [-0.05, 0) is 23.8 Å². The number of nitrogens with one attached hydrogen (secondary N) is 1. The van der Waals surface area contributed by atoms with E-state index in [1.165, 1.54) is 23.5 Å². The Morgan fingerprint density at radius 3 is 2.47 bits per heavy atom. The normalized spacial score (nSPS) is 11.6. The van der Waals surface area contributed by atoms with Gasteiger partial charge in [0.1, 0.15) is 0 Å². The third kappa shape index (κ3) is 2.51. The maximum atomic E-state index is 11.4. The molecule has 0 aliphatic heterocycles. The van der Waals surface area contributed by atoms with Crippen LogP contribution >= 0.6 is 11.3 Å². The zero-order chi connectivity index (χ0) is 12.4. The number of benzene rings is 1. The largest absolute Gasteiger partial charge is 0.478 e. The predicted molar refractivity (Wildman–Crippen MR) is 66.7 cm³/mol.